The van der Waals surface area contributed by atoms with Crippen molar-refractivity contribution in [2.24, 2.45) is 4.40 Å². The van der Waals surface area contributed by atoms with Crippen molar-refractivity contribution in [1.82, 2.24) is 0 Å². The van der Waals surface area contributed by atoms with Crippen molar-refractivity contribution in [1.29, 1.82) is 0 Å². The van der Waals surface area contributed by atoms with E-state index in [0.717, 1.165) is 5.56 Å². The van der Waals surface area contributed by atoms with E-state index in [4.69, 9.17) is 0 Å². The van der Waals surface area contributed by atoms with Gasteiger partial charge in [-0.3, -0.25) is 0 Å². The van der Waals surface area contributed by atoms with E-state index in [2.05, 4.69) is 4.40 Å². The number of hydrogen-bond donors (Lipinski definition) is 0. The molecule has 0 saturated heterocycles. The molecule has 0 N–H and O–H groups in total. The van der Waals surface area contributed by atoms with Crippen molar-refractivity contribution in [2.45, 2.75) is 39.4 Å². The first-order chi connectivity index (χ1) is 7.71. The first-order valence-electron chi connectivity index (χ1n) is 5.45. The van der Waals surface area contributed by atoms with Crippen molar-refractivity contribution in [3.8, 4) is 0 Å². The molecule has 1 rings (SSSR count). The Morgan fingerprint density at radius 2 is 1.94 bits per heavy atom. The van der Waals surface area contributed by atoms with Gasteiger partial charge in [0.1, 0.15) is 16.8 Å². The minimum atomic E-state index is -1.36. The van der Waals surface area contributed by atoms with Crippen LogP contribution in [0.15, 0.2) is 22.6 Å². The lowest BCUT2D eigenvalue weighted by atomic mass is 10.1. The van der Waals surface area contributed by atoms with Crippen LogP contribution in [-0.4, -0.2) is 14.7 Å². The lowest BCUT2D eigenvalue weighted by Crippen LogP contribution is -2.20. The van der Waals surface area contributed by atoms with Crippen LogP contribution in [0.5, 0.6) is 0 Å². The van der Waals surface area contributed by atoms with Gasteiger partial charge in [-0.1, -0.05) is 11.6 Å². The van der Waals surface area contributed by atoms with Crippen LogP contribution in [0, 0.1) is 12.7 Å². The summed E-state index contributed by atoms with van der Waals surface area (Å²) >= 11 is 0. The molecule has 0 aliphatic rings. The van der Waals surface area contributed by atoms with Crippen molar-refractivity contribution in [3.63, 3.8) is 0 Å². The average Bonchev–Trinajstić information content (AvgIpc) is 2.20. The van der Waals surface area contributed by atoms with Crippen molar-refractivity contribution >= 4 is 16.7 Å². The molecule has 0 saturated carbocycles. The molecule has 0 aliphatic heterocycles. The maximum atomic E-state index is 13.6. The van der Waals surface area contributed by atoms with Gasteiger partial charge in [-0.05, 0) is 46.8 Å². The lowest BCUT2D eigenvalue weighted by molar-refractivity contribution is 0.624. The monoisotopic (exact) mass is 255 g/mol. The Bertz CT molecular complexity index is 475. The van der Waals surface area contributed by atoms with E-state index >= 15 is 0 Å². The first-order valence-corrected chi connectivity index (χ1v) is 6.56. The van der Waals surface area contributed by atoms with Crippen LogP contribution < -0.4 is 0 Å². The van der Waals surface area contributed by atoms with E-state index in [1.54, 1.807) is 19.1 Å². The molecular formula is C13H18FNOS. The predicted molar refractivity (Wildman–Crippen MR) is 71.2 cm³/mol. The van der Waals surface area contributed by atoms with Crippen molar-refractivity contribution in [3.05, 3.63) is 35.1 Å². The summed E-state index contributed by atoms with van der Waals surface area (Å²) in [6.07, 6.45) is 0. The Morgan fingerprint density at radius 1 is 1.35 bits per heavy atom. The Labute approximate surface area is 105 Å². The highest BCUT2D eigenvalue weighted by Crippen LogP contribution is 2.16. The highest BCUT2D eigenvalue weighted by molar-refractivity contribution is 7.85. The lowest BCUT2D eigenvalue weighted by Gasteiger charge is -2.14. The Morgan fingerprint density at radius 3 is 2.47 bits per heavy atom. The summed E-state index contributed by atoms with van der Waals surface area (Å²) in [5, 5.41) is 0. The smallest absolute Gasteiger partial charge is 0.145 e. The second kappa shape index (κ2) is 5.08. The summed E-state index contributed by atoms with van der Waals surface area (Å²) in [5.74, 6) is -0.331. The molecule has 0 radical (unpaired) electrons. The van der Waals surface area contributed by atoms with Gasteiger partial charge in [-0.25, -0.2) is 8.60 Å². The molecule has 1 aromatic rings. The van der Waals surface area contributed by atoms with Gasteiger partial charge in [-0.15, -0.1) is 0 Å². The molecule has 0 aliphatic carbocycles. The quantitative estimate of drug-likeness (QED) is 0.745. The van der Waals surface area contributed by atoms with Crippen LogP contribution in [0.25, 0.3) is 0 Å². The highest BCUT2D eigenvalue weighted by Gasteiger charge is 2.19. The topological polar surface area (TPSA) is 29.4 Å². The zero-order valence-electron chi connectivity index (χ0n) is 10.9. The summed E-state index contributed by atoms with van der Waals surface area (Å²) in [7, 11) is -1.36. The third kappa shape index (κ3) is 3.73. The van der Waals surface area contributed by atoms with Crippen LogP contribution in [0.1, 0.15) is 38.8 Å². The number of nitrogens with zero attached hydrogens (tertiary/aromatic N) is 1. The normalized spacial score (nSPS) is 14.8. The summed E-state index contributed by atoms with van der Waals surface area (Å²) in [6.45, 7) is 9.09. The average molecular weight is 255 g/mol. The van der Waals surface area contributed by atoms with Crippen LogP contribution >= 0.6 is 0 Å². The molecule has 17 heavy (non-hydrogen) atoms. The minimum Gasteiger partial charge on any atom is -0.234 e. The maximum absolute atomic E-state index is 13.6. The van der Waals surface area contributed by atoms with Gasteiger partial charge >= 0.3 is 0 Å². The summed E-state index contributed by atoms with van der Waals surface area (Å²) < 4.78 is 29.1. The zero-order chi connectivity index (χ0) is 13.2. The zero-order valence-corrected chi connectivity index (χ0v) is 11.7. The van der Waals surface area contributed by atoms with E-state index in [-0.39, 0.29) is 5.82 Å². The van der Waals surface area contributed by atoms with E-state index in [1.807, 2.05) is 27.7 Å². The van der Waals surface area contributed by atoms with Gasteiger partial charge in [0.25, 0.3) is 0 Å². The molecule has 4 heteroatoms. The third-order valence-corrected chi connectivity index (χ3v) is 3.74. The third-order valence-electron chi connectivity index (χ3n) is 2.26. The molecule has 0 aromatic heterocycles. The van der Waals surface area contributed by atoms with Crippen LogP contribution in [0.2, 0.25) is 0 Å². The van der Waals surface area contributed by atoms with E-state index in [1.165, 1.54) is 6.07 Å². The second-order valence-electron chi connectivity index (χ2n) is 5.02. The maximum Gasteiger partial charge on any atom is 0.145 e. The second-order valence-corrected chi connectivity index (χ2v) is 6.93. The van der Waals surface area contributed by atoms with Gasteiger partial charge in [0.05, 0.1) is 10.5 Å². The van der Waals surface area contributed by atoms with E-state index in [9.17, 15) is 8.60 Å². The molecule has 0 bridgehead atoms. The van der Waals surface area contributed by atoms with Gasteiger partial charge in [0.15, 0.2) is 0 Å². The number of aryl methyl sites for hydroxylation is 1. The molecular weight excluding hydrogens is 237 g/mol. The molecule has 1 atom stereocenters. The molecule has 0 amide bonds. The molecule has 94 valence electrons. The van der Waals surface area contributed by atoms with E-state index < -0.39 is 15.7 Å². The fourth-order valence-electron chi connectivity index (χ4n) is 1.23. The van der Waals surface area contributed by atoms with Gasteiger partial charge in [0, 0.05) is 5.56 Å². The Kier molecular flexibility index (Phi) is 4.20. The molecule has 1 aromatic carbocycles. The number of hydrogen-bond acceptors (Lipinski definition) is 1. The molecule has 0 spiro atoms. The number of benzene rings is 1. The first kappa shape index (κ1) is 14.0. The Balaban J connectivity index is 3.12. The molecule has 2 nitrogen and oxygen atoms in total. The molecule has 1 unspecified atom stereocenters. The summed E-state index contributed by atoms with van der Waals surface area (Å²) in [5.41, 5.74) is 1.85. The van der Waals surface area contributed by atoms with E-state index in [0.29, 0.717) is 11.3 Å². The number of rotatable bonds is 2. The van der Waals surface area contributed by atoms with Crippen LogP contribution in [0.3, 0.4) is 0 Å². The van der Waals surface area contributed by atoms with Gasteiger partial charge < -0.3 is 0 Å². The van der Waals surface area contributed by atoms with Gasteiger partial charge in [0.2, 0.25) is 0 Å². The fraction of sp³-hybridized carbons (Fsp3) is 0.462. The number of halogens is 1. The molecule has 0 fully saturated rings. The van der Waals surface area contributed by atoms with Crippen LogP contribution in [0.4, 0.5) is 4.39 Å². The summed E-state index contributed by atoms with van der Waals surface area (Å²) in [6, 6.07) is 4.82. The Hall–Kier alpha value is -1.03. The largest absolute Gasteiger partial charge is 0.234 e. The predicted octanol–water partition coefficient (Wildman–Crippen LogP) is 3.41. The van der Waals surface area contributed by atoms with Gasteiger partial charge in [-0.2, -0.15) is 4.40 Å². The van der Waals surface area contributed by atoms with Crippen molar-refractivity contribution in [2.75, 3.05) is 0 Å². The van der Waals surface area contributed by atoms with Crippen molar-refractivity contribution < 1.29 is 8.60 Å². The molecule has 0 heterocycles. The summed E-state index contributed by atoms with van der Waals surface area (Å²) in [4.78, 5) is 0. The van der Waals surface area contributed by atoms with Crippen LogP contribution in [-0.2, 0) is 11.0 Å². The minimum absolute atomic E-state index is 0.331. The highest BCUT2D eigenvalue weighted by atomic mass is 32.2. The SMILES string of the molecule is CC(=NS(=O)C(C)(C)C)c1cc(C)ccc1F. The fourth-order valence-corrected chi connectivity index (χ4v) is 1.85. The standard InChI is InChI=1S/C13H18FNOS/c1-9-6-7-12(14)11(8-9)10(2)15-17(16)13(3,4)5/h6-8H,1-5H3.